The molecule has 5 rings (SSSR count). The van der Waals surface area contributed by atoms with E-state index in [1.54, 1.807) is 0 Å². The maximum absolute atomic E-state index is 6.36. The first-order valence-corrected chi connectivity index (χ1v) is 10.5. The standard InChI is InChI=1S/C22H15BrCl2N2O/c23-15-5-10-21-18(11-15)20-12-19(13-1-6-16(24)7-2-13)26-27(20)22(28-21)14-3-8-17(25)9-4-14/h1-11,20,22H,12H2/t20-,22+/m1/s1. The van der Waals surface area contributed by atoms with E-state index in [1.807, 2.05) is 60.7 Å². The second-order valence-corrected chi connectivity index (χ2v) is 8.65. The molecule has 0 aromatic heterocycles. The monoisotopic (exact) mass is 472 g/mol. The second-order valence-electron chi connectivity index (χ2n) is 6.86. The van der Waals surface area contributed by atoms with Gasteiger partial charge in [-0.25, -0.2) is 5.01 Å². The lowest BCUT2D eigenvalue weighted by atomic mass is 9.96. The quantitative estimate of drug-likeness (QED) is 0.400. The van der Waals surface area contributed by atoms with Crippen LogP contribution in [-0.2, 0) is 0 Å². The Hall–Kier alpha value is -2.01. The van der Waals surface area contributed by atoms with Gasteiger partial charge in [0.1, 0.15) is 5.75 Å². The number of hydrazone groups is 1. The van der Waals surface area contributed by atoms with Crippen molar-refractivity contribution in [3.05, 3.63) is 97.9 Å². The Kier molecular flexibility index (Phi) is 4.58. The lowest BCUT2D eigenvalue weighted by Crippen LogP contribution is -2.33. The van der Waals surface area contributed by atoms with E-state index < -0.39 is 0 Å². The Balaban J connectivity index is 1.59. The molecule has 0 radical (unpaired) electrons. The average molecular weight is 474 g/mol. The molecule has 140 valence electrons. The molecule has 0 bridgehead atoms. The van der Waals surface area contributed by atoms with Crippen molar-refractivity contribution in [3.63, 3.8) is 0 Å². The smallest absolute Gasteiger partial charge is 0.213 e. The Morgan fingerprint density at radius 2 is 1.61 bits per heavy atom. The van der Waals surface area contributed by atoms with Gasteiger partial charge in [-0.3, -0.25) is 0 Å². The molecule has 0 unspecified atom stereocenters. The first-order valence-electron chi connectivity index (χ1n) is 8.92. The molecule has 0 N–H and O–H groups in total. The van der Waals surface area contributed by atoms with Gasteiger partial charge >= 0.3 is 0 Å². The van der Waals surface area contributed by atoms with Crippen molar-refractivity contribution in [2.75, 3.05) is 0 Å². The summed E-state index contributed by atoms with van der Waals surface area (Å²) in [5.74, 6) is 0.886. The predicted octanol–water partition coefficient (Wildman–Crippen LogP) is 7.00. The molecule has 0 spiro atoms. The van der Waals surface area contributed by atoms with E-state index in [0.29, 0.717) is 5.02 Å². The molecular weight excluding hydrogens is 459 g/mol. The first-order chi connectivity index (χ1) is 13.6. The topological polar surface area (TPSA) is 24.8 Å². The number of halogens is 3. The zero-order valence-corrected chi connectivity index (χ0v) is 17.7. The van der Waals surface area contributed by atoms with Crippen LogP contribution in [0.4, 0.5) is 0 Å². The number of hydrogen-bond acceptors (Lipinski definition) is 3. The third-order valence-corrected chi connectivity index (χ3v) is 6.08. The normalized spacial score (nSPS) is 20.2. The van der Waals surface area contributed by atoms with Crippen molar-refractivity contribution < 1.29 is 4.74 Å². The van der Waals surface area contributed by atoms with Crippen LogP contribution in [0.5, 0.6) is 5.75 Å². The Morgan fingerprint density at radius 3 is 2.32 bits per heavy atom. The van der Waals surface area contributed by atoms with E-state index in [9.17, 15) is 0 Å². The minimum atomic E-state index is -0.305. The van der Waals surface area contributed by atoms with Crippen molar-refractivity contribution in [2.45, 2.75) is 18.7 Å². The van der Waals surface area contributed by atoms with Gasteiger partial charge < -0.3 is 4.74 Å². The highest BCUT2D eigenvalue weighted by molar-refractivity contribution is 9.10. The van der Waals surface area contributed by atoms with Crippen LogP contribution in [0.15, 0.2) is 76.3 Å². The van der Waals surface area contributed by atoms with E-state index in [0.717, 1.165) is 44.1 Å². The van der Waals surface area contributed by atoms with Crippen LogP contribution in [0.25, 0.3) is 0 Å². The molecule has 2 heterocycles. The van der Waals surface area contributed by atoms with E-state index in [4.69, 9.17) is 33.0 Å². The van der Waals surface area contributed by atoms with E-state index in [-0.39, 0.29) is 12.3 Å². The summed E-state index contributed by atoms with van der Waals surface area (Å²) < 4.78 is 7.39. The Bertz CT molecular complexity index is 1070. The fourth-order valence-electron chi connectivity index (χ4n) is 3.72. The van der Waals surface area contributed by atoms with Crippen LogP contribution in [0, 0.1) is 0 Å². The third-order valence-electron chi connectivity index (χ3n) is 5.08. The highest BCUT2D eigenvalue weighted by atomic mass is 79.9. The third kappa shape index (κ3) is 3.20. The summed E-state index contributed by atoms with van der Waals surface area (Å²) in [5.41, 5.74) is 4.25. The molecular formula is C22H15BrCl2N2O. The molecule has 3 aromatic carbocycles. The van der Waals surface area contributed by atoms with Gasteiger partial charge in [-0.1, -0.05) is 63.4 Å². The lowest BCUT2D eigenvalue weighted by Gasteiger charge is -2.38. The number of benzene rings is 3. The second kappa shape index (κ2) is 7.11. The summed E-state index contributed by atoms with van der Waals surface area (Å²) in [4.78, 5) is 0. The van der Waals surface area contributed by atoms with Gasteiger partial charge in [-0.2, -0.15) is 5.10 Å². The van der Waals surface area contributed by atoms with Crippen molar-refractivity contribution in [1.29, 1.82) is 0 Å². The number of nitrogens with zero attached hydrogens (tertiary/aromatic N) is 2. The summed E-state index contributed by atoms with van der Waals surface area (Å²) in [6.07, 6.45) is 0.499. The van der Waals surface area contributed by atoms with Gasteiger partial charge in [0, 0.05) is 32.1 Å². The predicted molar refractivity (Wildman–Crippen MR) is 116 cm³/mol. The van der Waals surface area contributed by atoms with Crippen LogP contribution in [-0.4, -0.2) is 10.7 Å². The minimum Gasteiger partial charge on any atom is -0.464 e. The molecule has 3 nitrogen and oxygen atoms in total. The van der Waals surface area contributed by atoms with Crippen molar-refractivity contribution >= 4 is 44.8 Å². The molecule has 2 atom stereocenters. The summed E-state index contributed by atoms with van der Waals surface area (Å²) in [7, 11) is 0. The van der Waals surface area contributed by atoms with E-state index >= 15 is 0 Å². The average Bonchev–Trinajstić information content (AvgIpc) is 3.14. The van der Waals surface area contributed by atoms with Crippen LogP contribution in [0.3, 0.4) is 0 Å². The van der Waals surface area contributed by atoms with Crippen LogP contribution in [0.1, 0.15) is 35.4 Å². The van der Waals surface area contributed by atoms with Crippen LogP contribution >= 0.6 is 39.1 Å². The van der Waals surface area contributed by atoms with E-state index in [1.165, 1.54) is 0 Å². The van der Waals surface area contributed by atoms with Gasteiger partial charge in [0.15, 0.2) is 0 Å². The van der Waals surface area contributed by atoms with Gasteiger partial charge in [0.2, 0.25) is 6.23 Å². The molecule has 2 aliphatic heterocycles. The number of ether oxygens (including phenoxy) is 1. The molecule has 0 fully saturated rings. The highest BCUT2D eigenvalue weighted by Crippen LogP contribution is 2.48. The van der Waals surface area contributed by atoms with Crippen molar-refractivity contribution in [2.24, 2.45) is 5.10 Å². The maximum atomic E-state index is 6.36. The number of rotatable bonds is 2. The molecule has 3 aromatic rings. The summed E-state index contributed by atoms with van der Waals surface area (Å²) in [6.45, 7) is 0. The molecule has 28 heavy (non-hydrogen) atoms. The minimum absolute atomic E-state index is 0.104. The number of hydrogen-bond donors (Lipinski definition) is 0. The van der Waals surface area contributed by atoms with Crippen LogP contribution < -0.4 is 4.74 Å². The summed E-state index contributed by atoms with van der Waals surface area (Å²) >= 11 is 15.7. The molecule has 0 saturated heterocycles. The number of fused-ring (bicyclic) bond motifs is 3. The Morgan fingerprint density at radius 1 is 0.929 bits per heavy atom. The SMILES string of the molecule is Clc1ccc(C2=NN3[C@H](C2)c2cc(Br)ccc2O[C@H]3c2ccc(Cl)cc2)cc1. The Labute approximate surface area is 181 Å². The van der Waals surface area contributed by atoms with Gasteiger partial charge in [-0.05, 0) is 48.0 Å². The van der Waals surface area contributed by atoms with E-state index in [2.05, 4.69) is 27.0 Å². The highest BCUT2D eigenvalue weighted by Gasteiger charge is 2.41. The zero-order valence-electron chi connectivity index (χ0n) is 14.6. The van der Waals surface area contributed by atoms with Gasteiger partial charge in [-0.15, -0.1) is 0 Å². The van der Waals surface area contributed by atoms with Gasteiger partial charge in [0.25, 0.3) is 0 Å². The molecule has 0 aliphatic carbocycles. The molecule has 6 heteroatoms. The molecule has 0 saturated carbocycles. The first kappa shape index (κ1) is 18.0. The molecule has 0 amide bonds. The fraction of sp³-hybridized carbons (Fsp3) is 0.136. The zero-order chi connectivity index (χ0) is 19.3. The van der Waals surface area contributed by atoms with Crippen LogP contribution in [0.2, 0.25) is 10.0 Å². The lowest BCUT2D eigenvalue weighted by molar-refractivity contribution is -0.0190. The summed E-state index contributed by atoms with van der Waals surface area (Å²) in [5, 5.41) is 8.43. The van der Waals surface area contributed by atoms with Gasteiger partial charge in [0.05, 0.1) is 11.8 Å². The fourth-order valence-corrected chi connectivity index (χ4v) is 4.35. The molecule has 2 aliphatic rings. The summed E-state index contributed by atoms with van der Waals surface area (Å²) in [6, 6.07) is 21.8. The van der Waals surface area contributed by atoms with Crippen molar-refractivity contribution in [3.8, 4) is 5.75 Å². The van der Waals surface area contributed by atoms with Crippen molar-refractivity contribution in [1.82, 2.24) is 5.01 Å². The largest absolute Gasteiger partial charge is 0.464 e. The maximum Gasteiger partial charge on any atom is 0.213 e.